The molecule has 1 spiro atoms. The minimum atomic E-state index is -0.251. The van der Waals surface area contributed by atoms with E-state index in [-0.39, 0.29) is 11.4 Å². The van der Waals surface area contributed by atoms with Crippen molar-refractivity contribution in [3.05, 3.63) is 28.5 Å². The summed E-state index contributed by atoms with van der Waals surface area (Å²) in [5.74, 6) is 0.747. The molecular weight excluding hydrogens is 331 g/mol. The Kier molecular flexibility index (Phi) is 3.82. The molecule has 0 radical (unpaired) electrons. The zero-order valence-corrected chi connectivity index (χ0v) is 12.7. The molecule has 0 amide bonds. The standard InChI is InChI=1S/C13H14BrFN2OS/c14-10-7-9(15)1-2-11(10)16-12-17-13(8-19-12)3-5-18-6-4-13/h1-2,7H,3-6,8H2,(H,16,17). The SMILES string of the molecule is Fc1ccc(NC2=NC3(CCOCC3)CS2)c(Br)c1. The third kappa shape index (κ3) is 2.95. The molecule has 0 aliphatic carbocycles. The second-order valence-electron chi connectivity index (χ2n) is 4.79. The molecule has 3 nitrogen and oxygen atoms in total. The van der Waals surface area contributed by atoms with E-state index in [4.69, 9.17) is 9.73 Å². The predicted octanol–water partition coefficient (Wildman–Crippen LogP) is 3.65. The minimum Gasteiger partial charge on any atom is -0.381 e. The topological polar surface area (TPSA) is 33.6 Å². The van der Waals surface area contributed by atoms with Crippen LogP contribution >= 0.6 is 27.7 Å². The Morgan fingerprint density at radius 2 is 2.16 bits per heavy atom. The number of halogens is 2. The third-order valence-corrected chi connectivity index (χ3v) is 5.22. The summed E-state index contributed by atoms with van der Waals surface area (Å²) >= 11 is 5.08. The van der Waals surface area contributed by atoms with Crippen LogP contribution in [0.4, 0.5) is 10.1 Å². The molecule has 2 heterocycles. The first-order valence-electron chi connectivity index (χ1n) is 6.19. The van der Waals surface area contributed by atoms with E-state index in [0.717, 1.165) is 42.7 Å². The van der Waals surface area contributed by atoms with Gasteiger partial charge in [-0.15, -0.1) is 0 Å². The van der Waals surface area contributed by atoms with Crippen LogP contribution in [0.2, 0.25) is 0 Å². The molecule has 1 saturated heterocycles. The average molecular weight is 345 g/mol. The summed E-state index contributed by atoms with van der Waals surface area (Å²) in [4.78, 5) is 4.81. The van der Waals surface area contributed by atoms with Gasteiger partial charge in [0.1, 0.15) is 5.82 Å². The zero-order chi connectivity index (χ0) is 13.3. The van der Waals surface area contributed by atoms with E-state index in [0.29, 0.717) is 4.47 Å². The van der Waals surface area contributed by atoms with Crippen molar-refractivity contribution in [2.45, 2.75) is 18.4 Å². The number of thioether (sulfide) groups is 1. The van der Waals surface area contributed by atoms with Crippen LogP contribution in [0.3, 0.4) is 0 Å². The lowest BCUT2D eigenvalue weighted by atomic mass is 9.93. The monoisotopic (exact) mass is 344 g/mol. The van der Waals surface area contributed by atoms with Gasteiger partial charge in [0.15, 0.2) is 5.17 Å². The van der Waals surface area contributed by atoms with Crippen molar-refractivity contribution in [3.63, 3.8) is 0 Å². The second-order valence-corrected chi connectivity index (χ2v) is 6.61. The summed E-state index contributed by atoms with van der Waals surface area (Å²) < 4.78 is 19.1. The highest BCUT2D eigenvalue weighted by atomic mass is 79.9. The van der Waals surface area contributed by atoms with Crippen LogP contribution in [-0.4, -0.2) is 29.7 Å². The first kappa shape index (κ1) is 13.4. The van der Waals surface area contributed by atoms with Crippen molar-refractivity contribution in [2.24, 2.45) is 4.99 Å². The first-order chi connectivity index (χ1) is 9.17. The second kappa shape index (κ2) is 5.42. The normalized spacial score (nSPS) is 21.5. The van der Waals surface area contributed by atoms with Gasteiger partial charge in [-0.1, -0.05) is 11.8 Å². The third-order valence-electron chi connectivity index (χ3n) is 3.41. The number of anilines is 1. The zero-order valence-electron chi connectivity index (χ0n) is 10.3. The van der Waals surface area contributed by atoms with Crippen LogP contribution < -0.4 is 5.32 Å². The Bertz CT molecular complexity index is 517. The molecule has 1 fully saturated rings. The summed E-state index contributed by atoms with van der Waals surface area (Å²) in [6.07, 6.45) is 1.96. The molecule has 1 aromatic rings. The molecule has 6 heteroatoms. The van der Waals surface area contributed by atoms with Gasteiger partial charge < -0.3 is 10.1 Å². The number of ether oxygens (including phenoxy) is 1. The van der Waals surface area contributed by atoms with Crippen LogP contribution in [0, 0.1) is 5.82 Å². The fraction of sp³-hybridized carbons (Fsp3) is 0.462. The molecule has 2 aliphatic rings. The van der Waals surface area contributed by atoms with E-state index >= 15 is 0 Å². The Balaban J connectivity index is 1.75. The number of amidine groups is 1. The van der Waals surface area contributed by atoms with E-state index in [9.17, 15) is 4.39 Å². The number of rotatable bonds is 1. The van der Waals surface area contributed by atoms with Crippen LogP contribution in [0.5, 0.6) is 0 Å². The maximum atomic E-state index is 13.0. The molecule has 0 atom stereocenters. The van der Waals surface area contributed by atoms with E-state index in [1.54, 1.807) is 17.8 Å². The fourth-order valence-corrected chi connectivity index (χ4v) is 3.91. The summed E-state index contributed by atoms with van der Waals surface area (Å²) in [7, 11) is 0. The molecular formula is C13H14BrFN2OS. The number of hydrogen-bond acceptors (Lipinski definition) is 4. The fourth-order valence-electron chi connectivity index (χ4n) is 2.26. The van der Waals surface area contributed by atoms with Gasteiger partial charge >= 0.3 is 0 Å². The molecule has 0 unspecified atom stereocenters. The molecule has 1 aromatic carbocycles. The lowest BCUT2D eigenvalue weighted by molar-refractivity contribution is 0.0624. The van der Waals surface area contributed by atoms with Gasteiger partial charge in [0.05, 0.1) is 11.2 Å². The number of benzene rings is 1. The van der Waals surface area contributed by atoms with Gasteiger partial charge in [0.25, 0.3) is 0 Å². The van der Waals surface area contributed by atoms with Gasteiger partial charge in [-0.2, -0.15) is 0 Å². The number of nitrogens with zero attached hydrogens (tertiary/aromatic N) is 1. The van der Waals surface area contributed by atoms with Crippen molar-refractivity contribution in [2.75, 3.05) is 24.3 Å². The highest BCUT2D eigenvalue weighted by Gasteiger charge is 2.37. The molecule has 3 rings (SSSR count). The van der Waals surface area contributed by atoms with Crippen LogP contribution in [-0.2, 0) is 4.74 Å². The quantitative estimate of drug-likeness (QED) is 0.844. The molecule has 0 bridgehead atoms. The highest BCUT2D eigenvalue weighted by Crippen LogP contribution is 2.36. The Hall–Kier alpha value is -0.590. The van der Waals surface area contributed by atoms with Crippen molar-refractivity contribution >= 4 is 38.5 Å². The maximum Gasteiger partial charge on any atom is 0.161 e. The number of nitrogens with one attached hydrogen (secondary N) is 1. The summed E-state index contributed by atoms with van der Waals surface area (Å²) in [6, 6.07) is 4.61. The molecule has 1 N–H and O–H groups in total. The van der Waals surface area contributed by atoms with Crippen molar-refractivity contribution in [3.8, 4) is 0 Å². The Labute approximate surface area is 124 Å². The molecule has 19 heavy (non-hydrogen) atoms. The van der Waals surface area contributed by atoms with E-state index in [1.165, 1.54) is 12.1 Å². The average Bonchev–Trinajstić information content (AvgIpc) is 2.77. The van der Waals surface area contributed by atoms with Gasteiger partial charge in [0, 0.05) is 23.4 Å². The lowest BCUT2D eigenvalue weighted by Crippen LogP contribution is -2.34. The molecule has 102 valence electrons. The maximum absolute atomic E-state index is 13.0. The van der Waals surface area contributed by atoms with Crippen molar-refractivity contribution < 1.29 is 9.13 Å². The molecule has 2 aliphatic heterocycles. The Morgan fingerprint density at radius 1 is 1.37 bits per heavy atom. The number of aliphatic imine (C=N–C) groups is 1. The van der Waals surface area contributed by atoms with Crippen LogP contribution in [0.25, 0.3) is 0 Å². The van der Waals surface area contributed by atoms with Crippen LogP contribution in [0.1, 0.15) is 12.8 Å². The van der Waals surface area contributed by atoms with Gasteiger partial charge in [-0.3, -0.25) is 4.99 Å². The highest BCUT2D eigenvalue weighted by molar-refractivity contribution is 9.10. The smallest absolute Gasteiger partial charge is 0.161 e. The molecule has 0 saturated carbocycles. The van der Waals surface area contributed by atoms with E-state index in [2.05, 4.69) is 21.2 Å². The Morgan fingerprint density at radius 3 is 2.89 bits per heavy atom. The van der Waals surface area contributed by atoms with Gasteiger partial charge in [-0.05, 0) is 47.0 Å². The first-order valence-corrected chi connectivity index (χ1v) is 7.97. The van der Waals surface area contributed by atoms with E-state index in [1.807, 2.05) is 0 Å². The largest absolute Gasteiger partial charge is 0.381 e. The lowest BCUT2D eigenvalue weighted by Gasteiger charge is -2.29. The minimum absolute atomic E-state index is 0.0394. The molecule has 0 aromatic heterocycles. The number of hydrogen-bond donors (Lipinski definition) is 1. The predicted molar refractivity (Wildman–Crippen MR) is 80.4 cm³/mol. The van der Waals surface area contributed by atoms with Crippen molar-refractivity contribution in [1.29, 1.82) is 0 Å². The van der Waals surface area contributed by atoms with Crippen LogP contribution in [0.15, 0.2) is 27.7 Å². The summed E-state index contributed by atoms with van der Waals surface area (Å²) in [5.41, 5.74) is 0.884. The van der Waals surface area contributed by atoms with Crippen molar-refractivity contribution in [1.82, 2.24) is 0 Å². The van der Waals surface area contributed by atoms with Gasteiger partial charge in [-0.25, -0.2) is 4.39 Å². The van der Waals surface area contributed by atoms with E-state index < -0.39 is 0 Å². The summed E-state index contributed by atoms with van der Waals surface area (Å²) in [6.45, 7) is 1.58. The summed E-state index contributed by atoms with van der Waals surface area (Å²) in [5, 5.41) is 4.18. The van der Waals surface area contributed by atoms with Gasteiger partial charge in [0.2, 0.25) is 0 Å².